The van der Waals surface area contributed by atoms with E-state index in [-0.39, 0.29) is 5.56 Å². The zero-order chi connectivity index (χ0) is 16.3. The number of pyridine rings is 1. The van der Waals surface area contributed by atoms with Crippen LogP contribution in [0.1, 0.15) is 28.5 Å². The van der Waals surface area contributed by atoms with Crippen LogP contribution in [0.3, 0.4) is 0 Å². The molecule has 0 aliphatic carbocycles. The first kappa shape index (κ1) is 15.8. The number of nitrogens with one attached hydrogen (secondary N) is 2. The van der Waals surface area contributed by atoms with Crippen LogP contribution >= 0.6 is 0 Å². The molecule has 4 nitrogen and oxygen atoms in total. The highest BCUT2D eigenvalue weighted by atomic mass is 19.4. The molecule has 7 heteroatoms. The van der Waals surface area contributed by atoms with Gasteiger partial charge in [0.2, 0.25) is 0 Å². The fourth-order valence-electron chi connectivity index (χ4n) is 1.84. The molecular formula is C15H13F3N2O2. The molecule has 22 heavy (non-hydrogen) atoms. The predicted molar refractivity (Wildman–Crippen MR) is 75.8 cm³/mol. The number of aryl methyl sites for hydroxylation is 1. The maximum Gasteiger partial charge on any atom is 0.431 e. The number of carbonyl (C=O) groups is 1. The first-order chi connectivity index (χ1) is 10.3. The summed E-state index contributed by atoms with van der Waals surface area (Å²) >= 11 is 0. The van der Waals surface area contributed by atoms with Crippen molar-refractivity contribution >= 4 is 11.6 Å². The largest absolute Gasteiger partial charge is 0.431 e. The van der Waals surface area contributed by atoms with Crippen LogP contribution in [0.5, 0.6) is 0 Å². The van der Waals surface area contributed by atoms with E-state index in [1.807, 2.05) is 19.1 Å². The van der Waals surface area contributed by atoms with Gasteiger partial charge in [-0.3, -0.25) is 9.59 Å². The lowest BCUT2D eigenvalue weighted by Crippen LogP contribution is -2.25. The van der Waals surface area contributed by atoms with Crippen molar-refractivity contribution in [3.8, 4) is 0 Å². The molecular weight excluding hydrogens is 297 g/mol. The Bertz CT molecular complexity index is 734. The number of carbonyl (C=O) groups excluding carboxylic acids is 1. The van der Waals surface area contributed by atoms with E-state index < -0.39 is 23.3 Å². The summed E-state index contributed by atoms with van der Waals surface area (Å²) in [5.41, 5.74) is -1.13. The van der Waals surface area contributed by atoms with Crippen molar-refractivity contribution in [2.45, 2.75) is 19.5 Å². The molecule has 0 saturated heterocycles. The third-order valence-electron chi connectivity index (χ3n) is 3.08. The number of benzene rings is 1. The van der Waals surface area contributed by atoms with Crippen LogP contribution in [0, 0.1) is 0 Å². The van der Waals surface area contributed by atoms with Gasteiger partial charge in [-0.15, -0.1) is 0 Å². The van der Waals surface area contributed by atoms with Gasteiger partial charge in [0.05, 0.1) is 0 Å². The normalized spacial score (nSPS) is 11.3. The Balaban J connectivity index is 2.20. The number of amides is 1. The van der Waals surface area contributed by atoms with Gasteiger partial charge in [-0.2, -0.15) is 13.2 Å². The summed E-state index contributed by atoms with van der Waals surface area (Å²) in [6, 6.07) is 8.47. The van der Waals surface area contributed by atoms with Gasteiger partial charge in [-0.05, 0) is 36.2 Å². The number of halogens is 3. The molecule has 0 fully saturated rings. The van der Waals surface area contributed by atoms with Gasteiger partial charge in [0, 0.05) is 5.69 Å². The van der Waals surface area contributed by atoms with Crippen molar-refractivity contribution in [2.24, 2.45) is 0 Å². The lowest BCUT2D eigenvalue weighted by Gasteiger charge is -2.08. The van der Waals surface area contributed by atoms with Gasteiger partial charge in [0.1, 0.15) is 11.3 Å². The monoisotopic (exact) mass is 310 g/mol. The molecule has 2 aromatic rings. The van der Waals surface area contributed by atoms with Crippen molar-refractivity contribution in [3.63, 3.8) is 0 Å². The van der Waals surface area contributed by atoms with Gasteiger partial charge in [-0.1, -0.05) is 19.1 Å². The van der Waals surface area contributed by atoms with Crippen LogP contribution in [0.2, 0.25) is 0 Å². The van der Waals surface area contributed by atoms with Gasteiger partial charge in [-0.25, -0.2) is 0 Å². The third-order valence-corrected chi connectivity index (χ3v) is 3.08. The molecule has 1 amide bonds. The average Bonchev–Trinajstić information content (AvgIpc) is 2.46. The highest BCUT2D eigenvalue weighted by Crippen LogP contribution is 2.26. The van der Waals surface area contributed by atoms with Gasteiger partial charge in [0.15, 0.2) is 0 Å². The molecule has 1 heterocycles. The summed E-state index contributed by atoms with van der Waals surface area (Å²) in [4.78, 5) is 25.2. The van der Waals surface area contributed by atoms with E-state index in [9.17, 15) is 22.8 Å². The van der Waals surface area contributed by atoms with Crippen LogP contribution in [-0.2, 0) is 12.6 Å². The van der Waals surface area contributed by atoms with Gasteiger partial charge < -0.3 is 10.3 Å². The highest BCUT2D eigenvalue weighted by Gasteiger charge is 2.32. The van der Waals surface area contributed by atoms with E-state index in [0.29, 0.717) is 11.8 Å². The number of rotatable bonds is 3. The topological polar surface area (TPSA) is 62.0 Å². The van der Waals surface area contributed by atoms with Crippen molar-refractivity contribution in [1.29, 1.82) is 0 Å². The SMILES string of the molecule is CCc1ccc(NC(=O)c2ccc(C(F)(F)F)[nH]c2=O)cc1. The molecule has 0 saturated carbocycles. The standard InChI is InChI=1S/C15H13F3N2O2/c1-2-9-3-5-10(6-4-9)19-13(21)11-7-8-12(15(16,17)18)20-14(11)22/h3-8H,2H2,1H3,(H,19,21)(H,20,22). The molecule has 116 valence electrons. The zero-order valence-electron chi connectivity index (χ0n) is 11.6. The van der Waals surface area contributed by atoms with E-state index in [2.05, 4.69) is 5.32 Å². The second kappa shape index (κ2) is 6.05. The molecule has 0 spiro atoms. The minimum atomic E-state index is -4.66. The molecule has 2 rings (SSSR count). The molecule has 1 aromatic carbocycles. The summed E-state index contributed by atoms with van der Waals surface area (Å²) < 4.78 is 37.3. The average molecular weight is 310 g/mol. The van der Waals surface area contributed by atoms with Crippen molar-refractivity contribution in [1.82, 2.24) is 4.98 Å². The smallest absolute Gasteiger partial charge is 0.322 e. The number of anilines is 1. The van der Waals surface area contributed by atoms with Crippen molar-refractivity contribution < 1.29 is 18.0 Å². The van der Waals surface area contributed by atoms with Crippen LogP contribution in [-0.4, -0.2) is 10.9 Å². The van der Waals surface area contributed by atoms with Crippen LogP contribution in [0.25, 0.3) is 0 Å². The Morgan fingerprint density at radius 2 is 1.77 bits per heavy atom. The van der Waals surface area contributed by atoms with Crippen molar-refractivity contribution in [3.05, 3.63) is 63.6 Å². The minimum Gasteiger partial charge on any atom is -0.322 e. The number of aromatic amines is 1. The molecule has 0 unspecified atom stereocenters. The Morgan fingerprint density at radius 3 is 2.27 bits per heavy atom. The molecule has 1 aromatic heterocycles. The van der Waals surface area contributed by atoms with E-state index in [4.69, 9.17) is 0 Å². The summed E-state index contributed by atoms with van der Waals surface area (Å²) in [5, 5.41) is 2.47. The molecule has 0 aliphatic rings. The number of H-pyrrole nitrogens is 1. The molecule has 0 radical (unpaired) electrons. The maximum absolute atomic E-state index is 12.4. The number of hydrogen-bond donors (Lipinski definition) is 2. The fraction of sp³-hybridized carbons (Fsp3) is 0.200. The maximum atomic E-state index is 12.4. The zero-order valence-corrected chi connectivity index (χ0v) is 11.6. The minimum absolute atomic E-state index is 0.382. The summed E-state index contributed by atoms with van der Waals surface area (Å²) in [6.07, 6.45) is -3.82. The second-order valence-electron chi connectivity index (χ2n) is 4.62. The number of hydrogen-bond acceptors (Lipinski definition) is 2. The first-order valence-electron chi connectivity index (χ1n) is 6.52. The first-order valence-corrected chi connectivity index (χ1v) is 6.52. The van der Waals surface area contributed by atoms with Crippen LogP contribution in [0.4, 0.5) is 18.9 Å². The van der Waals surface area contributed by atoms with Crippen LogP contribution in [0.15, 0.2) is 41.2 Å². The Hall–Kier alpha value is -2.57. The third kappa shape index (κ3) is 3.55. The molecule has 0 atom stereocenters. The number of aromatic nitrogens is 1. The summed E-state index contributed by atoms with van der Waals surface area (Å²) in [5.74, 6) is -0.765. The fourth-order valence-corrected chi connectivity index (χ4v) is 1.84. The lowest BCUT2D eigenvalue weighted by molar-refractivity contribution is -0.141. The van der Waals surface area contributed by atoms with Gasteiger partial charge in [0.25, 0.3) is 11.5 Å². The highest BCUT2D eigenvalue weighted by molar-refractivity contribution is 6.03. The Morgan fingerprint density at radius 1 is 1.14 bits per heavy atom. The Kier molecular flexibility index (Phi) is 4.35. The quantitative estimate of drug-likeness (QED) is 0.914. The lowest BCUT2D eigenvalue weighted by atomic mass is 10.1. The van der Waals surface area contributed by atoms with E-state index >= 15 is 0 Å². The van der Waals surface area contributed by atoms with E-state index in [0.717, 1.165) is 18.1 Å². The predicted octanol–water partition coefficient (Wildman–Crippen LogP) is 3.21. The molecule has 0 bridgehead atoms. The second-order valence-corrected chi connectivity index (χ2v) is 4.62. The summed E-state index contributed by atoms with van der Waals surface area (Å²) in [6.45, 7) is 1.98. The van der Waals surface area contributed by atoms with Gasteiger partial charge >= 0.3 is 6.18 Å². The van der Waals surface area contributed by atoms with E-state index in [1.165, 1.54) is 0 Å². The van der Waals surface area contributed by atoms with E-state index in [1.54, 1.807) is 17.1 Å². The van der Waals surface area contributed by atoms with Crippen LogP contribution < -0.4 is 10.9 Å². The molecule has 0 aliphatic heterocycles. The summed E-state index contributed by atoms with van der Waals surface area (Å²) in [7, 11) is 0. The Labute approximate surface area is 124 Å². The van der Waals surface area contributed by atoms with Crippen molar-refractivity contribution in [2.75, 3.05) is 5.32 Å². The molecule has 2 N–H and O–H groups in total. The number of alkyl halides is 3.